The zero-order valence-corrected chi connectivity index (χ0v) is 14.6. The number of aromatic nitrogens is 2. The number of nitriles is 1. The second kappa shape index (κ2) is 7.17. The molecule has 25 heavy (non-hydrogen) atoms. The van der Waals surface area contributed by atoms with E-state index in [9.17, 15) is 8.42 Å². The summed E-state index contributed by atoms with van der Waals surface area (Å²) in [4.78, 5) is 0.183. The van der Waals surface area contributed by atoms with Crippen LogP contribution in [0.4, 0.5) is 0 Å². The van der Waals surface area contributed by atoms with Gasteiger partial charge in [-0.1, -0.05) is 0 Å². The second-order valence-corrected chi connectivity index (χ2v) is 7.83. The maximum absolute atomic E-state index is 12.8. The summed E-state index contributed by atoms with van der Waals surface area (Å²) in [6.45, 7) is 2.54. The highest BCUT2D eigenvalue weighted by Crippen LogP contribution is 2.23. The van der Waals surface area contributed by atoms with Crippen LogP contribution in [0.2, 0.25) is 0 Å². The Labute approximate surface area is 146 Å². The van der Waals surface area contributed by atoms with Crippen molar-refractivity contribution in [3.8, 4) is 11.9 Å². The molecule has 0 radical (unpaired) electrons. The van der Waals surface area contributed by atoms with Crippen LogP contribution >= 0.6 is 0 Å². The molecule has 0 saturated carbocycles. The van der Waals surface area contributed by atoms with Gasteiger partial charge in [0.1, 0.15) is 6.10 Å². The minimum Gasteiger partial charge on any atom is -0.472 e. The summed E-state index contributed by atoms with van der Waals surface area (Å²) in [6.07, 6.45) is 1.20. The molecule has 2 aromatic rings. The molecule has 1 atom stereocenters. The largest absolute Gasteiger partial charge is 0.472 e. The summed E-state index contributed by atoms with van der Waals surface area (Å²) in [5.41, 5.74) is 1.22. The van der Waals surface area contributed by atoms with Crippen molar-refractivity contribution in [3.63, 3.8) is 0 Å². The first kappa shape index (κ1) is 17.3. The Hall–Kier alpha value is -2.50. The lowest BCUT2D eigenvalue weighted by molar-refractivity contribution is 0.123. The minimum absolute atomic E-state index is 0.183. The fourth-order valence-corrected chi connectivity index (χ4v) is 4.20. The number of hydrogen-bond acceptors (Lipinski definition) is 6. The second-order valence-electron chi connectivity index (χ2n) is 5.89. The highest BCUT2D eigenvalue weighted by Gasteiger charge is 2.31. The topological polar surface area (TPSA) is 96.2 Å². The first-order chi connectivity index (χ1) is 12.0. The van der Waals surface area contributed by atoms with Crippen LogP contribution in [0.5, 0.6) is 5.88 Å². The number of piperidine rings is 1. The number of benzene rings is 1. The predicted molar refractivity (Wildman–Crippen MR) is 90.3 cm³/mol. The zero-order chi connectivity index (χ0) is 17.9. The summed E-state index contributed by atoms with van der Waals surface area (Å²) < 4.78 is 32.8. The van der Waals surface area contributed by atoms with Gasteiger partial charge in [-0.15, -0.1) is 5.10 Å². The molecule has 2 heterocycles. The minimum atomic E-state index is -3.61. The average molecular weight is 358 g/mol. The third-order valence-corrected chi connectivity index (χ3v) is 5.90. The number of ether oxygens (including phenoxy) is 1. The first-order valence-corrected chi connectivity index (χ1v) is 9.40. The standard InChI is InChI=1S/C17H18N4O3S/c1-13-4-9-17(20-19-13)24-15-3-2-10-21(12-15)25(22,23)16-7-5-14(11-18)6-8-16/h4-9,15H,2-3,10,12H2,1H3. The van der Waals surface area contributed by atoms with Crippen LogP contribution in [0.3, 0.4) is 0 Å². The number of sulfonamides is 1. The molecule has 1 unspecified atom stereocenters. The molecule has 1 aromatic heterocycles. The van der Waals surface area contributed by atoms with E-state index >= 15 is 0 Å². The van der Waals surface area contributed by atoms with Gasteiger partial charge in [0.15, 0.2) is 0 Å². The highest BCUT2D eigenvalue weighted by molar-refractivity contribution is 7.89. The zero-order valence-electron chi connectivity index (χ0n) is 13.8. The highest BCUT2D eigenvalue weighted by atomic mass is 32.2. The normalized spacial score (nSPS) is 18.5. The fraction of sp³-hybridized carbons (Fsp3) is 0.353. The van der Waals surface area contributed by atoms with E-state index in [0.717, 1.165) is 12.1 Å². The van der Waals surface area contributed by atoms with Crippen molar-refractivity contribution in [3.05, 3.63) is 47.7 Å². The van der Waals surface area contributed by atoms with Crippen LogP contribution in [0.1, 0.15) is 24.1 Å². The Morgan fingerprint density at radius 2 is 1.96 bits per heavy atom. The van der Waals surface area contributed by atoms with E-state index in [0.29, 0.717) is 24.4 Å². The van der Waals surface area contributed by atoms with E-state index in [1.54, 1.807) is 12.1 Å². The first-order valence-electron chi connectivity index (χ1n) is 7.96. The maximum atomic E-state index is 12.8. The SMILES string of the molecule is Cc1ccc(OC2CCCN(S(=O)(=O)c3ccc(C#N)cc3)C2)nn1. The monoisotopic (exact) mass is 358 g/mol. The Kier molecular flexibility index (Phi) is 4.97. The molecule has 1 aliphatic rings. The van der Waals surface area contributed by atoms with Gasteiger partial charge in [0.25, 0.3) is 0 Å². The molecule has 130 valence electrons. The van der Waals surface area contributed by atoms with E-state index in [-0.39, 0.29) is 17.5 Å². The van der Waals surface area contributed by atoms with Gasteiger partial charge in [0, 0.05) is 12.6 Å². The van der Waals surface area contributed by atoms with Crippen molar-refractivity contribution in [2.24, 2.45) is 0 Å². The Morgan fingerprint density at radius 3 is 2.60 bits per heavy atom. The Morgan fingerprint density at radius 1 is 1.20 bits per heavy atom. The van der Waals surface area contributed by atoms with E-state index < -0.39 is 10.0 Å². The van der Waals surface area contributed by atoms with E-state index in [4.69, 9.17) is 10.00 Å². The fourth-order valence-electron chi connectivity index (χ4n) is 2.69. The number of aryl methyl sites for hydroxylation is 1. The molecule has 1 aromatic carbocycles. The van der Waals surface area contributed by atoms with Gasteiger partial charge >= 0.3 is 0 Å². The number of nitrogens with zero attached hydrogens (tertiary/aromatic N) is 4. The summed E-state index contributed by atoms with van der Waals surface area (Å²) >= 11 is 0. The molecule has 1 fully saturated rings. The van der Waals surface area contributed by atoms with Crippen molar-refractivity contribution < 1.29 is 13.2 Å². The molecule has 1 aliphatic heterocycles. The molecule has 0 spiro atoms. The van der Waals surface area contributed by atoms with Crippen LogP contribution in [-0.4, -0.2) is 42.1 Å². The van der Waals surface area contributed by atoms with E-state index in [1.807, 2.05) is 13.0 Å². The summed E-state index contributed by atoms with van der Waals surface area (Å²) in [5.74, 6) is 0.397. The number of hydrogen-bond donors (Lipinski definition) is 0. The lowest BCUT2D eigenvalue weighted by Crippen LogP contribution is -2.44. The lowest BCUT2D eigenvalue weighted by Gasteiger charge is -2.31. The van der Waals surface area contributed by atoms with Gasteiger partial charge in [0.05, 0.1) is 28.8 Å². The molecule has 1 saturated heterocycles. The van der Waals surface area contributed by atoms with Crippen molar-refractivity contribution >= 4 is 10.0 Å². The third kappa shape index (κ3) is 3.95. The van der Waals surface area contributed by atoms with Gasteiger partial charge in [-0.2, -0.15) is 14.7 Å². The number of rotatable bonds is 4. The molecule has 0 bridgehead atoms. The van der Waals surface area contributed by atoms with Crippen molar-refractivity contribution in [1.82, 2.24) is 14.5 Å². The van der Waals surface area contributed by atoms with Gasteiger partial charge in [-0.3, -0.25) is 0 Å². The van der Waals surface area contributed by atoms with Crippen LogP contribution in [-0.2, 0) is 10.0 Å². The van der Waals surface area contributed by atoms with Crippen molar-refractivity contribution in [2.75, 3.05) is 13.1 Å². The van der Waals surface area contributed by atoms with Gasteiger partial charge in [-0.05, 0) is 50.1 Å². The molecule has 7 nitrogen and oxygen atoms in total. The van der Waals surface area contributed by atoms with Gasteiger partial charge in [-0.25, -0.2) is 8.42 Å². The quantitative estimate of drug-likeness (QED) is 0.828. The van der Waals surface area contributed by atoms with Gasteiger partial charge in [0.2, 0.25) is 15.9 Å². The smallest absolute Gasteiger partial charge is 0.243 e. The van der Waals surface area contributed by atoms with Crippen LogP contribution < -0.4 is 4.74 Å². The van der Waals surface area contributed by atoms with Crippen molar-refractivity contribution in [2.45, 2.75) is 30.8 Å². The lowest BCUT2D eigenvalue weighted by atomic mass is 10.1. The molecule has 3 rings (SSSR count). The van der Waals surface area contributed by atoms with Gasteiger partial charge < -0.3 is 4.74 Å². The van der Waals surface area contributed by atoms with Crippen LogP contribution in [0.25, 0.3) is 0 Å². The predicted octanol–water partition coefficient (Wildman–Crippen LogP) is 1.89. The summed E-state index contributed by atoms with van der Waals surface area (Å²) in [5, 5.41) is 16.7. The molecular weight excluding hydrogens is 340 g/mol. The molecule has 8 heteroatoms. The van der Waals surface area contributed by atoms with Crippen LogP contribution in [0, 0.1) is 18.3 Å². The average Bonchev–Trinajstić information content (AvgIpc) is 2.64. The maximum Gasteiger partial charge on any atom is 0.243 e. The van der Waals surface area contributed by atoms with Crippen LogP contribution in [0.15, 0.2) is 41.3 Å². The third-order valence-electron chi connectivity index (χ3n) is 4.02. The molecular formula is C17H18N4O3S. The Balaban J connectivity index is 1.73. The summed E-state index contributed by atoms with van der Waals surface area (Å²) in [7, 11) is -3.61. The van der Waals surface area contributed by atoms with E-state index in [1.165, 1.54) is 28.6 Å². The molecule has 0 aliphatic carbocycles. The Bertz CT molecular complexity index is 874. The molecule has 0 N–H and O–H groups in total. The van der Waals surface area contributed by atoms with Crippen molar-refractivity contribution in [1.29, 1.82) is 5.26 Å². The van der Waals surface area contributed by atoms with E-state index in [2.05, 4.69) is 10.2 Å². The molecule has 0 amide bonds. The summed E-state index contributed by atoms with van der Waals surface area (Å²) in [6, 6.07) is 11.5.